The van der Waals surface area contributed by atoms with Crippen LogP contribution in [0.1, 0.15) is 16.7 Å². The molecule has 0 aliphatic carbocycles. The molecule has 0 radical (unpaired) electrons. The number of nitrogens with zero attached hydrogens (tertiary/aromatic N) is 2. The van der Waals surface area contributed by atoms with Crippen LogP contribution in [-0.4, -0.2) is 33.3 Å². The minimum absolute atomic E-state index is 0.364. The van der Waals surface area contributed by atoms with E-state index in [1.54, 1.807) is 12.3 Å². The summed E-state index contributed by atoms with van der Waals surface area (Å²) < 4.78 is 26.0. The standard InChI is InChI=1S/C26H25N3O3S/c1-18-12-13-19(2)25(14-18)29(33(3,31)32)17-26(30)28-27-16-24-22-10-6-4-8-20(22)15-21-9-5-7-11-23(21)24/h4-16H,17H2,1-3H3,(H,28,30)/b27-16-. The van der Waals surface area contributed by atoms with Gasteiger partial charge in [0.1, 0.15) is 6.54 Å². The summed E-state index contributed by atoms with van der Waals surface area (Å²) in [5, 5.41) is 8.34. The van der Waals surface area contributed by atoms with Gasteiger partial charge in [-0.1, -0.05) is 60.7 Å². The third-order valence-corrected chi connectivity index (χ3v) is 6.64. The van der Waals surface area contributed by atoms with E-state index in [1.807, 2.05) is 74.5 Å². The molecule has 0 aliphatic rings. The van der Waals surface area contributed by atoms with Crippen LogP contribution >= 0.6 is 0 Å². The van der Waals surface area contributed by atoms with Gasteiger partial charge in [0, 0.05) is 5.56 Å². The highest BCUT2D eigenvalue weighted by Gasteiger charge is 2.22. The number of fused-ring (bicyclic) bond motifs is 2. The monoisotopic (exact) mass is 459 g/mol. The fraction of sp³-hybridized carbons (Fsp3) is 0.154. The Morgan fingerprint density at radius 1 is 0.939 bits per heavy atom. The Morgan fingerprint density at radius 3 is 2.15 bits per heavy atom. The smallest absolute Gasteiger partial charge is 0.260 e. The van der Waals surface area contributed by atoms with Crippen molar-refractivity contribution in [2.24, 2.45) is 5.10 Å². The maximum absolute atomic E-state index is 12.7. The number of rotatable bonds is 6. The number of hydrazone groups is 1. The number of benzene rings is 4. The highest BCUT2D eigenvalue weighted by Crippen LogP contribution is 2.27. The Hall–Kier alpha value is -3.71. The number of anilines is 1. The predicted molar refractivity (Wildman–Crippen MR) is 135 cm³/mol. The van der Waals surface area contributed by atoms with Crippen molar-refractivity contribution in [3.63, 3.8) is 0 Å². The topological polar surface area (TPSA) is 78.8 Å². The zero-order chi connectivity index (χ0) is 23.6. The van der Waals surface area contributed by atoms with Crippen LogP contribution in [0.4, 0.5) is 5.69 Å². The Kier molecular flexibility index (Phi) is 6.16. The molecule has 0 saturated carbocycles. The van der Waals surface area contributed by atoms with E-state index in [4.69, 9.17) is 0 Å². The fourth-order valence-corrected chi connectivity index (χ4v) is 4.80. The molecule has 0 spiro atoms. The molecule has 0 fully saturated rings. The van der Waals surface area contributed by atoms with Gasteiger partial charge in [0.25, 0.3) is 5.91 Å². The van der Waals surface area contributed by atoms with E-state index < -0.39 is 15.9 Å². The number of amides is 1. The lowest BCUT2D eigenvalue weighted by molar-refractivity contribution is -0.119. The van der Waals surface area contributed by atoms with Crippen molar-refractivity contribution in [1.29, 1.82) is 0 Å². The van der Waals surface area contributed by atoms with Crippen LogP contribution in [-0.2, 0) is 14.8 Å². The molecule has 4 rings (SSSR count). The van der Waals surface area contributed by atoms with Gasteiger partial charge < -0.3 is 0 Å². The number of hydrogen-bond donors (Lipinski definition) is 1. The molecule has 4 aromatic rings. The summed E-state index contributed by atoms with van der Waals surface area (Å²) in [5.41, 5.74) is 5.54. The molecule has 0 bridgehead atoms. The quantitative estimate of drug-likeness (QED) is 0.261. The number of aryl methyl sites for hydroxylation is 2. The molecule has 0 atom stereocenters. The van der Waals surface area contributed by atoms with E-state index >= 15 is 0 Å². The van der Waals surface area contributed by atoms with Crippen molar-refractivity contribution in [3.05, 3.63) is 89.5 Å². The summed E-state index contributed by atoms with van der Waals surface area (Å²) in [6, 6.07) is 23.6. The van der Waals surface area contributed by atoms with Crippen LogP contribution in [0.3, 0.4) is 0 Å². The summed E-state index contributed by atoms with van der Waals surface area (Å²) in [6.07, 6.45) is 2.71. The SMILES string of the molecule is Cc1ccc(C)c(N(CC(=O)N/N=C\c2c3ccccc3cc3ccccc23)S(C)(=O)=O)c1. The predicted octanol–water partition coefficient (Wildman–Crippen LogP) is 4.53. The van der Waals surface area contributed by atoms with Crippen LogP contribution in [0, 0.1) is 13.8 Å². The second-order valence-electron chi connectivity index (χ2n) is 8.09. The Bertz CT molecular complexity index is 1440. The number of nitrogens with one attached hydrogen (secondary N) is 1. The van der Waals surface area contributed by atoms with Crippen LogP contribution in [0.25, 0.3) is 21.5 Å². The average molecular weight is 460 g/mol. The first-order valence-electron chi connectivity index (χ1n) is 10.5. The van der Waals surface area contributed by atoms with Gasteiger partial charge in [-0.15, -0.1) is 0 Å². The number of sulfonamides is 1. The van der Waals surface area contributed by atoms with E-state index in [0.717, 1.165) is 48.8 Å². The lowest BCUT2D eigenvalue weighted by atomic mass is 9.97. The Labute approximate surface area is 193 Å². The molecule has 7 heteroatoms. The van der Waals surface area contributed by atoms with Gasteiger partial charge in [-0.05, 0) is 58.7 Å². The highest BCUT2D eigenvalue weighted by molar-refractivity contribution is 7.92. The van der Waals surface area contributed by atoms with Gasteiger partial charge in [-0.25, -0.2) is 13.8 Å². The summed E-state index contributed by atoms with van der Waals surface area (Å²) in [6.45, 7) is 3.33. The Balaban J connectivity index is 1.61. The molecule has 0 aromatic heterocycles. The van der Waals surface area contributed by atoms with Gasteiger partial charge >= 0.3 is 0 Å². The number of carbonyl (C=O) groups excluding carboxylic acids is 1. The fourth-order valence-electron chi connectivity index (χ4n) is 3.89. The molecule has 0 heterocycles. The molecular weight excluding hydrogens is 434 g/mol. The van der Waals surface area contributed by atoms with Gasteiger partial charge in [-0.3, -0.25) is 9.10 Å². The molecular formula is C26H25N3O3S. The minimum Gasteiger partial charge on any atom is -0.271 e. The van der Waals surface area contributed by atoms with Crippen molar-refractivity contribution in [1.82, 2.24) is 5.43 Å². The largest absolute Gasteiger partial charge is 0.271 e. The summed E-state index contributed by atoms with van der Waals surface area (Å²) >= 11 is 0. The normalized spacial score (nSPS) is 11.8. The van der Waals surface area contributed by atoms with Crippen molar-refractivity contribution in [2.75, 3.05) is 17.1 Å². The first-order valence-corrected chi connectivity index (χ1v) is 12.4. The summed E-state index contributed by atoms with van der Waals surface area (Å²) in [4.78, 5) is 12.7. The molecule has 0 aliphatic heterocycles. The minimum atomic E-state index is -3.67. The van der Waals surface area contributed by atoms with Gasteiger partial charge in [0.2, 0.25) is 10.0 Å². The van der Waals surface area contributed by atoms with Gasteiger partial charge in [-0.2, -0.15) is 5.10 Å². The van der Waals surface area contributed by atoms with Gasteiger partial charge in [0.15, 0.2) is 0 Å². The number of hydrogen-bond acceptors (Lipinski definition) is 4. The first-order chi connectivity index (χ1) is 15.7. The van der Waals surface area contributed by atoms with Crippen molar-refractivity contribution >= 4 is 49.4 Å². The maximum atomic E-state index is 12.7. The molecule has 0 saturated heterocycles. The van der Waals surface area contributed by atoms with Crippen LogP contribution in [0.15, 0.2) is 77.9 Å². The molecule has 1 N–H and O–H groups in total. The second-order valence-corrected chi connectivity index (χ2v) is 9.99. The maximum Gasteiger partial charge on any atom is 0.260 e. The molecule has 4 aromatic carbocycles. The highest BCUT2D eigenvalue weighted by atomic mass is 32.2. The Morgan fingerprint density at radius 2 is 1.55 bits per heavy atom. The van der Waals surface area contributed by atoms with E-state index in [9.17, 15) is 13.2 Å². The van der Waals surface area contributed by atoms with Crippen molar-refractivity contribution < 1.29 is 13.2 Å². The van der Waals surface area contributed by atoms with Crippen molar-refractivity contribution in [2.45, 2.75) is 13.8 Å². The zero-order valence-electron chi connectivity index (χ0n) is 18.7. The third-order valence-electron chi connectivity index (χ3n) is 5.52. The molecule has 168 valence electrons. The second kappa shape index (κ2) is 9.03. The lowest BCUT2D eigenvalue weighted by Gasteiger charge is -2.23. The first kappa shape index (κ1) is 22.5. The zero-order valence-corrected chi connectivity index (χ0v) is 19.6. The van der Waals surface area contributed by atoms with Crippen LogP contribution in [0.2, 0.25) is 0 Å². The van der Waals surface area contributed by atoms with E-state index in [2.05, 4.69) is 16.6 Å². The molecule has 6 nitrogen and oxygen atoms in total. The molecule has 0 unspecified atom stereocenters. The molecule has 1 amide bonds. The molecule has 33 heavy (non-hydrogen) atoms. The van der Waals surface area contributed by atoms with Crippen LogP contribution in [0.5, 0.6) is 0 Å². The van der Waals surface area contributed by atoms with E-state index in [0.29, 0.717) is 5.69 Å². The van der Waals surface area contributed by atoms with Gasteiger partial charge in [0.05, 0.1) is 18.2 Å². The summed E-state index contributed by atoms with van der Waals surface area (Å²) in [5.74, 6) is -0.526. The third kappa shape index (κ3) is 4.88. The van der Waals surface area contributed by atoms with E-state index in [-0.39, 0.29) is 6.54 Å². The number of carbonyl (C=O) groups is 1. The van der Waals surface area contributed by atoms with E-state index in [1.165, 1.54) is 0 Å². The van der Waals surface area contributed by atoms with Crippen molar-refractivity contribution in [3.8, 4) is 0 Å². The van der Waals surface area contributed by atoms with Crippen LogP contribution < -0.4 is 9.73 Å². The average Bonchev–Trinajstić information content (AvgIpc) is 2.78. The lowest BCUT2D eigenvalue weighted by Crippen LogP contribution is -2.39. The summed E-state index contributed by atoms with van der Waals surface area (Å²) in [7, 11) is -3.67.